The van der Waals surface area contributed by atoms with Crippen LogP contribution in [-0.2, 0) is 4.79 Å². The molecule has 1 aliphatic heterocycles. The minimum atomic E-state index is 0.00451. The molecule has 1 atom stereocenters. The van der Waals surface area contributed by atoms with Crippen LogP contribution < -0.4 is 0 Å². The Hall–Kier alpha value is -0.0500. The molecule has 1 saturated heterocycles. The largest absolute Gasteiger partial charge is 0.337 e. The van der Waals surface area contributed by atoms with Crippen LogP contribution in [0.25, 0.3) is 0 Å². The molecule has 1 fully saturated rings. The van der Waals surface area contributed by atoms with E-state index in [0.717, 1.165) is 25.8 Å². The first kappa shape index (κ1) is 11.0. The van der Waals surface area contributed by atoms with Crippen LogP contribution in [-0.4, -0.2) is 27.7 Å². The zero-order valence-electron chi connectivity index (χ0n) is 8.64. The summed E-state index contributed by atoms with van der Waals surface area (Å²) in [6.45, 7) is 7.24. The first-order valence-corrected chi connectivity index (χ1v) is 5.86. The fourth-order valence-electron chi connectivity index (χ4n) is 1.86. The molecular weight excluding hydrogens is 230 g/mol. The fourth-order valence-corrected chi connectivity index (χ4v) is 2.11. The third kappa shape index (κ3) is 2.25. The molecule has 1 unspecified atom stereocenters. The Labute approximate surface area is 88.8 Å². The van der Waals surface area contributed by atoms with Crippen LogP contribution in [0, 0.1) is 0 Å². The average molecular weight is 248 g/mol. The van der Waals surface area contributed by atoms with Crippen molar-refractivity contribution in [3.05, 3.63) is 0 Å². The lowest BCUT2D eigenvalue weighted by atomic mass is 10.0. The van der Waals surface area contributed by atoms with Gasteiger partial charge >= 0.3 is 0 Å². The summed E-state index contributed by atoms with van der Waals surface area (Å²) in [5, 5.41) is 0. The average Bonchev–Trinajstić information content (AvgIpc) is 2.42. The second kappa shape index (κ2) is 3.99. The molecule has 0 aromatic heterocycles. The van der Waals surface area contributed by atoms with E-state index in [9.17, 15) is 4.79 Å². The van der Waals surface area contributed by atoms with E-state index in [4.69, 9.17) is 0 Å². The molecule has 1 aliphatic rings. The van der Waals surface area contributed by atoms with E-state index in [1.165, 1.54) is 0 Å². The van der Waals surface area contributed by atoms with Crippen molar-refractivity contribution in [3.8, 4) is 0 Å². The van der Waals surface area contributed by atoms with Crippen LogP contribution in [0.1, 0.15) is 40.0 Å². The van der Waals surface area contributed by atoms with Crippen molar-refractivity contribution in [3.63, 3.8) is 0 Å². The number of rotatable bonds is 2. The molecule has 76 valence electrons. The second-order valence-corrected chi connectivity index (χ2v) is 5.39. The van der Waals surface area contributed by atoms with Crippen LogP contribution in [0.4, 0.5) is 0 Å². The lowest BCUT2D eigenvalue weighted by Gasteiger charge is -2.33. The molecule has 0 aromatic rings. The van der Waals surface area contributed by atoms with Crippen molar-refractivity contribution in [2.24, 2.45) is 0 Å². The molecule has 0 N–H and O–H groups in total. The van der Waals surface area contributed by atoms with Crippen molar-refractivity contribution < 1.29 is 4.79 Å². The van der Waals surface area contributed by atoms with E-state index in [2.05, 4.69) is 29.8 Å². The normalized spacial score (nSPS) is 23.2. The predicted octanol–water partition coefficient (Wildman–Crippen LogP) is 2.56. The number of carbonyl (C=O) groups is 1. The van der Waals surface area contributed by atoms with E-state index in [1.54, 1.807) is 0 Å². The first-order valence-electron chi connectivity index (χ1n) is 4.94. The second-order valence-electron chi connectivity index (χ2n) is 4.28. The fraction of sp³-hybridized carbons (Fsp3) is 0.900. The summed E-state index contributed by atoms with van der Waals surface area (Å²) in [6.07, 6.45) is 3.13. The molecule has 0 spiro atoms. The summed E-state index contributed by atoms with van der Waals surface area (Å²) in [7, 11) is 0. The van der Waals surface area contributed by atoms with Crippen LogP contribution in [0.15, 0.2) is 0 Å². The number of alkyl halides is 1. The highest BCUT2D eigenvalue weighted by atomic mass is 79.9. The van der Waals surface area contributed by atoms with Gasteiger partial charge < -0.3 is 4.90 Å². The zero-order chi connectivity index (χ0) is 10.1. The monoisotopic (exact) mass is 247 g/mol. The quantitative estimate of drug-likeness (QED) is 0.688. The molecule has 1 rings (SSSR count). The van der Waals surface area contributed by atoms with Gasteiger partial charge in [-0.1, -0.05) is 22.9 Å². The summed E-state index contributed by atoms with van der Waals surface area (Å²) in [6, 6.07) is 0. The third-order valence-electron chi connectivity index (χ3n) is 2.79. The van der Waals surface area contributed by atoms with E-state index < -0.39 is 0 Å². The van der Waals surface area contributed by atoms with Crippen LogP contribution in [0.2, 0.25) is 0 Å². The highest BCUT2D eigenvalue weighted by Gasteiger charge is 2.36. The van der Waals surface area contributed by atoms with Gasteiger partial charge in [0.15, 0.2) is 0 Å². The van der Waals surface area contributed by atoms with Crippen molar-refractivity contribution in [2.45, 2.75) is 50.4 Å². The topological polar surface area (TPSA) is 20.3 Å². The number of carbonyl (C=O) groups excluding carboxylic acids is 1. The maximum Gasteiger partial charge on any atom is 0.236 e. The number of halogens is 1. The van der Waals surface area contributed by atoms with Crippen LogP contribution in [0.3, 0.4) is 0 Å². The van der Waals surface area contributed by atoms with Gasteiger partial charge in [-0.15, -0.1) is 0 Å². The van der Waals surface area contributed by atoms with Crippen molar-refractivity contribution in [1.29, 1.82) is 0 Å². The summed E-state index contributed by atoms with van der Waals surface area (Å²) >= 11 is 3.41. The Morgan fingerprint density at radius 3 is 2.62 bits per heavy atom. The lowest BCUT2D eigenvalue weighted by Crippen LogP contribution is -2.45. The van der Waals surface area contributed by atoms with Crippen LogP contribution in [0.5, 0.6) is 0 Å². The highest BCUT2D eigenvalue weighted by molar-refractivity contribution is 9.10. The van der Waals surface area contributed by atoms with Crippen molar-refractivity contribution in [2.75, 3.05) is 6.54 Å². The Morgan fingerprint density at radius 1 is 1.62 bits per heavy atom. The van der Waals surface area contributed by atoms with Gasteiger partial charge in [-0.05, 0) is 33.1 Å². The zero-order valence-corrected chi connectivity index (χ0v) is 10.2. The van der Waals surface area contributed by atoms with E-state index in [0.29, 0.717) is 0 Å². The van der Waals surface area contributed by atoms with Gasteiger partial charge in [-0.3, -0.25) is 4.79 Å². The Bertz CT molecular complexity index is 203. The van der Waals surface area contributed by atoms with E-state index in [1.807, 2.05) is 11.8 Å². The maximum absolute atomic E-state index is 11.9. The van der Waals surface area contributed by atoms with Gasteiger partial charge in [0.1, 0.15) is 0 Å². The summed E-state index contributed by atoms with van der Waals surface area (Å²) < 4.78 is 0. The SMILES string of the molecule is CCC(Br)C(=O)N1CCCC1(C)C. The van der Waals surface area contributed by atoms with E-state index >= 15 is 0 Å². The lowest BCUT2D eigenvalue weighted by molar-refractivity contribution is -0.133. The summed E-state index contributed by atoms with van der Waals surface area (Å²) in [5.74, 6) is 0.255. The number of likely N-dealkylation sites (tertiary alicyclic amines) is 1. The molecular formula is C10H18BrNO. The Kier molecular flexibility index (Phi) is 3.38. The van der Waals surface area contributed by atoms with Gasteiger partial charge in [0.2, 0.25) is 5.91 Å². The molecule has 13 heavy (non-hydrogen) atoms. The standard InChI is InChI=1S/C10H18BrNO/c1-4-8(11)9(13)12-7-5-6-10(12,2)3/h8H,4-7H2,1-3H3. The summed E-state index contributed by atoms with van der Waals surface area (Å²) in [4.78, 5) is 13.9. The number of amides is 1. The molecule has 0 bridgehead atoms. The third-order valence-corrected chi connectivity index (χ3v) is 3.83. The summed E-state index contributed by atoms with van der Waals surface area (Å²) in [5.41, 5.74) is 0.0677. The van der Waals surface area contributed by atoms with Crippen molar-refractivity contribution in [1.82, 2.24) is 4.90 Å². The van der Waals surface area contributed by atoms with Gasteiger partial charge in [-0.25, -0.2) is 0 Å². The van der Waals surface area contributed by atoms with Crippen LogP contribution >= 0.6 is 15.9 Å². The van der Waals surface area contributed by atoms with Gasteiger partial charge in [0.25, 0.3) is 0 Å². The molecule has 0 radical (unpaired) electrons. The number of hydrogen-bond donors (Lipinski definition) is 0. The Morgan fingerprint density at radius 2 is 2.23 bits per heavy atom. The molecule has 2 nitrogen and oxygen atoms in total. The van der Waals surface area contributed by atoms with Crippen molar-refractivity contribution >= 4 is 21.8 Å². The predicted molar refractivity (Wildman–Crippen MR) is 58.0 cm³/mol. The molecule has 0 saturated carbocycles. The minimum Gasteiger partial charge on any atom is -0.337 e. The number of nitrogens with zero attached hydrogens (tertiary/aromatic N) is 1. The van der Waals surface area contributed by atoms with Gasteiger partial charge in [0.05, 0.1) is 4.83 Å². The smallest absolute Gasteiger partial charge is 0.236 e. The number of hydrogen-bond acceptors (Lipinski definition) is 1. The minimum absolute atomic E-state index is 0.00451. The molecule has 0 aromatic carbocycles. The van der Waals surface area contributed by atoms with Gasteiger partial charge in [0, 0.05) is 12.1 Å². The highest BCUT2D eigenvalue weighted by Crippen LogP contribution is 2.29. The molecule has 3 heteroatoms. The van der Waals surface area contributed by atoms with Gasteiger partial charge in [-0.2, -0.15) is 0 Å². The van der Waals surface area contributed by atoms with E-state index in [-0.39, 0.29) is 16.3 Å². The maximum atomic E-state index is 11.9. The molecule has 1 amide bonds. The Balaban J connectivity index is 2.66. The molecule has 1 heterocycles. The molecule has 0 aliphatic carbocycles. The first-order chi connectivity index (χ1) is 5.99.